The minimum Gasteiger partial charge on any atom is -0.394 e. The maximum atomic E-state index is 11.7. The van der Waals surface area contributed by atoms with Crippen LogP contribution in [-0.4, -0.2) is 51.4 Å². The third kappa shape index (κ3) is 3.72. The van der Waals surface area contributed by atoms with Gasteiger partial charge in [0, 0.05) is 6.42 Å². The lowest BCUT2D eigenvalue weighted by Crippen LogP contribution is -2.34. The molecular formula is C6H11FO5. The molecule has 0 amide bonds. The van der Waals surface area contributed by atoms with Crippen molar-refractivity contribution in [1.82, 2.24) is 0 Å². The third-order valence-corrected chi connectivity index (χ3v) is 1.36. The Morgan fingerprint density at radius 3 is 2.08 bits per heavy atom. The van der Waals surface area contributed by atoms with Crippen molar-refractivity contribution in [2.45, 2.75) is 24.7 Å². The van der Waals surface area contributed by atoms with Gasteiger partial charge in [0.15, 0.2) is 0 Å². The molecule has 0 radical (unpaired) electrons. The average molecular weight is 182 g/mol. The Hall–Kier alpha value is -0.560. The molecule has 72 valence electrons. The van der Waals surface area contributed by atoms with Gasteiger partial charge in [-0.15, -0.1) is 0 Å². The number of halogens is 1. The highest BCUT2D eigenvalue weighted by atomic mass is 19.1. The van der Waals surface area contributed by atoms with Crippen molar-refractivity contribution in [3.05, 3.63) is 0 Å². The van der Waals surface area contributed by atoms with Crippen LogP contribution in [0, 0.1) is 0 Å². The zero-order chi connectivity index (χ0) is 9.72. The summed E-state index contributed by atoms with van der Waals surface area (Å²) in [5, 5.41) is 34.4. The summed E-state index contributed by atoms with van der Waals surface area (Å²) in [5.41, 5.74) is 0. The van der Waals surface area contributed by atoms with E-state index in [4.69, 9.17) is 20.4 Å². The van der Waals surface area contributed by atoms with Gasteiger partial charge < -0.3 is 20.4 Å². The van der Waals surface area contributed by atoms with Crippen LogP contribution in [0.1, 0.15) is 6.42 Å². The summed E-state index contributed by atoms with van der Waals surface area (Å²) in [6.07, 6.45) is -5.55. The lowest BCUT2D eigenvalue weighted by molar-refractivity contribution is -0.141. The Balaban J connectivity index is 3.83. The molecule has 4 N–H and O–H groups in total. The number of hydrogen-bond donors (Lipinski definition) is 4. The standard InChI is InChI=1S/C6H11FO5/c7-6(12)4(10)1-3(9)5(11)2-8/h3-5,8-11H,1-2H2/t3-,4+,5+/m0/s1. The number of aliphatic hydroxyl groups is 4. The van der Waals surface area contributed by atoms with Crippen molar-refractivity contribution in [2.24, 2.45) is 0 Å². The molecule has 0 saturated heterocycles. The molecule has 0 rings (SSSR count). The number of carbonyl (C=O) groups excluding carboxylic acids is 1. The molecule has 0 unspecified atom stereocenters. The van der Waals surface area contributed by atoms with Gasteiger partial charge in [-0.05, 0) is 0 Å². The van der Waals surface area contributed by atoms with Crippen LogP contribution in [-0.2, 0) is 4.79 Å². The molecule has 0 aliphatic heterocycles. The molecule has 0 spiro atoms. The second-order valence-corrected chi connectivity index (χ2v) is 2.37. The van der Waals surface area contributed by atoms with Crippen LogP contribution >= 0.6 is 0 Å². The van der Waals surface area contributed by atoms with Gasteiger partial charge in [-0.3, -0.25) is 4.79 Å². The van der Waals surface area contributed by atoms with Crippen molar-refractivity contribution >= 4 is 6.04 Å². The Morgan fingerprint density at radius 1 is 1.25 bits per heavy atom. The quantitative estimate of drug-likeness (QED) is 0.367. The fourth-order valence-corrected chi connectivity index (χ4v) is 0.600. The summed E-state index contributed by atoms with van der Waals surface area (Å²) < 4.78 is 11.7. The van der Waals surface area contributed by atoms with Crippen molar-refractivity contribution in [2.75, 3.05) is 6.61 Å². The van der Waals surface area contributed by atoms with Crippen LogP contribution < -0.4 is 0 Å². The minimum atomic E-state index is -1.97. The number of carbonyl (C=O) groups is 1. The van der Waals surface area contributed by atoms with Gasteiger partial charge in [0.2, 0.25) is 0 Å². The zero-order valence-corrected chi connectivity index (χ0v) is 6.22. The summed E-state index contributed by atoms with van der Waals surface area (Å²) in [5.74, 6) is 0. The zero-order valence-electron chi connectivity index (χ0n) is 6.22. The summed E-state index contributed by atoms with van der Waals surface area (Å²) in [4.78, 5) is 9.82. The maximum Gasteiger partial charge on any atom is 0.329 e. The van der Waals surface area contributed by atoms with Gasteiger partial charge in [-0.2, -0.15) is 4.39 Å². The molecule has 5 nitrogen and oxygen atoms in total. The fraction of sp³-hybridized carbons (Fsp3) is 0.833. The number of hydrogen-bond acceptors (Lipinski definition) is 5. The first-order valence-corrected chi connectivity index (χ1v) is 3.33. The van der Waals surface area contributed by atoms with Crippen molar-refractivity contribution in [3.63, 3.8) is 0 Å². The van der Waals surface area contributed by atoms with Crippen LogP contribution in [0.15, 0.2) is 0 Å². The first-order valence-electron chi connectivity index (χ1n) is 3.33. The van der Waals surface area contributed by atoms with Crippen LogP contribution in [0.3, 0.4) is 0 Å². The van der Waals surface area contributed by atoms with E-state index in [1.165, 1.54) is 0 Å². The highest BCUT2D eigenvalue weighted by molar-refractivity contribution is 5.72. The van der Waals surface area contributed by atoms with Crippen LogP contribution in [0.25, 0.3) is 0 Å². The Kier molecular flexibility index (Phi) is 4.91. The normalized spacial score (nSPS) is 18.4. The molecule has 12 heavy (non-hydrogen) atoms. The highest BCUT2D eigenvalue weighted by Crippen LogP contribution is 2.04. The molecular weight excluding hydrogens is 171 g/mol. The van der Waals surface area contributed by atoms with Crippen LogP contribution in [0.5, 0.6) is 0 Å². The molecule has 0 saturated carbocycles. The van der Waals surface area contributed by atoms with Crippen LogP contribution in [0.4, 0.5) is 4.39 Å². The van der Waals surface area contributed by atoms with E-state index in [2.05, 4.69) is 0 Å². The summed E-state index contributed by atoms with van der Waals surface area (Å²) in [6, 6.07) is -1.97. The van der Waals surface area contributed by atoms with Crippen molar-refractivity contribution in [1.29, 1.82) is 0 Å². The Morgan fingerprint density at radius 2 is 1.75 bits per heavy atom. The lowest BCUT2D eigenvalue weighted by atomic mass is 10.1. The van der Waals surface area contributed by atoms with E-state index >= 15 is 0 Å². The predicted octanol–water partition coefficient (Wildman–Crippen LogP) is -2.05. The Labute approximate surface area is 68.1 Å². The largest absolute Gasteiger partial charge is 0.394 e. The molecule has 0 aromatic rings. The second kappa shape index (κ2) is 5.15. The third-order valence-electron chi connectivity index (χ3n) is 1.36. The van der Waals surface area contributed by atoms with E-state index in [1.54, 1.807) is 0 Å². The fourth-order valence-electron chi connectivity index (χ4n) is 0.600. The van der Waals surface area contributed by atoms with E-state index in [-0.39, 0.29) is 0 Å². The van der Waals surface area contributed by atoms with Gasteiger partial charge in [-0.1, -0.05) is 0 Å². The highest BCUT2D eigenvalue weighted by Gasteiger charge is 2.23. The smallest absolute Gasteiger partial charge is 0.329 e. The summed E-state index contributed by atoms with van der Waals surface area (Å²) >= 11 is 0. The molecule has 0 aliphatic carbocycles. The maximum absolute atomic E-state index is 11.7. The molecule has 0 bridgehead atoms. The van der Waals surface area contributed by atoms with E-state index in [1.807, 2.05) is 0 Å². The molecule has 0 aromatic carbocycles. The molecule has 3 atom stereocenters. The summed E-state index contributed by atoms with van der Waals surface area (Å²) in [6.45, 7) is -0.714. The molecule has 0 fully saturated rings. The Bertz CT molecular complexity index is 151. The predicted molar refractivity (Wildman–Crippen MR) is 35.8 cm³/mol. The number of rotatable bonds is 5. The molecule has 6 heteroatoms. The van der Waals surface area contributed by atoms with Gasteiger partial charge in [-0.25, -0.2) is 0 Å². The monoisotopic (exact) mass is 182 g/mol. The minimum absolute atomic E-state index is 0.628. The van der Waals surface area contributed by atoms with Gasteiger partial charge in [0.05, 0.1) is 12.7 Å². The number of aliphatic hydroxyl groups excluding tert-OH is 4. The van der Waals surface area contributed by atoms with Gasteiger partial charge in [0.25, 0.3) is 0 Å². The molecule has 0 aliphatic rings. The molecule has 0 heterocycles. The first kappa shape index (κ1) is 11.4. The van der Waals surface area contributed by atoms with E-state index in [0.717, 1.165) is 0 Å². The lowest BCUT2D eigenvalue weighted by Gasteiger charge is -2.16. The van der Waals surface area contributed by atoms with Gasteiger partial charge in [0.1, 0.15) is 12.2 Å². The average Bonchev–Trinajstić information content (AvgIpc) is 2.02. The van der Waals surface area contributed by atoms with Crippen molar-refractivity contribution in [3.8, 4) is 0 Å². The van der Waals surface area contributed by atoms with Gasteiger partial charge >= 0.3 is 6.04 Å². The van der Waals surface area contributed by atoms with E-state index in [0.29, 0.717) is 0 Å². The van der Waals surface area contributed by atoms with Crippen LogP contribution in [0.2, 0.25) is 0 Å². The second-order valence-electron chi connectivity index (χ2n) is 2.37. The topological polar surface area (TPSA) is 98.0 Å². The SMILES string of the molecule is O=C(F)[C@H](O)C[C@H](O)[C@H](O)CO. The molecule has 0 aromatic heterocycles. The van der Waals surface area contributed by atoms with Crippen molar-refractivity contribution < 1.29 is 29.6 Å². The first-order chi connectivity index (χ1) is 5.49. The van der Waals surface area contributed by atoms with E-state index in [9.17, 15) is 9.18 Å². The summed E-state index contributed by atoms with van der Waals surface area (Å²) in [7, 11) is 0. The van der Waals surface area contributed by atoms with E-state index < -0.39 is 37.4 Å².